The maximum atomic E-state index is 13.6. The minimum absolute atomic E-state index is 0.0260. The van der Waals surface area contributed by atoms with E-state index < -0.39 is 18.2 Å². The Labute approximate surface area is 216 Å². The van der Waals surface area contributed by atoms with E-state index in [1.54, 1.807) is 11.3 Å². The van der Waals surface area contributed by atoms with Gasteiger partial charge in [-0.2, -0.15) is 5.10 Å². The zero-order chi connectivity index (χ0) is 26.6. The lowest BCUT2D eigenvalue weighted by Gasteiger charge is -2.34. The summed E-state index contributed by atoms with van der Waals surface area (Å²) in [5, 5.41) is 28.2. The number of hydrogen-bond donors (Lipinski definition) is 3. The van der Waals surface area contributed by atoms with Crippen LogP contribution in [0, 0.1) is 12.8 Å². The molecule has 0 saturated carbocycles. The fourth-order valence-corrected chi connectivity index (χ4v) is 5.29. The van der Waals surface area contributed by atoms with E-state index in [1.807, 2.05) is 57.5 Å². The molecule has 0 spiro atoms. The predicted molar refractivity (Wildman–Crippen MR) is 141 cm³/mol. The molecule has 1 unspecified atom stereocenters. The second kappa shape index (κ2) is 11.7. The van der Waals surface area contributed by atoms with Gasteiger partial charge in [0.1, 0.15) is 17.8 Å². The molecule has 36 heavy (non-hydrogen) atoms. The third-order valence-corrected chi connectivity index (χ3v) is 7.27. The van der Waals surface area contributed by atoms with E-state index in [0.29, 0.717) is 0 Å². The number of likely N-dealkylation sites (tertiary alicyclic amines) is 1. The van der Waals surface area contributed by atoms with Gasteiger partial charge in [-0.3, -0.25) is 14.6 Å². The number of aliphatic hydroxyl groups excluding tert-OH is 2. The Bertz CT molecular complexity index is 1110. The summed E-state index contributed by atoms with van der Waals surface area (Å²) >= 11 is 1.58. The SMILES string of the molecule is C=NN(/C=C(\C)O)C(C(=O)N1C[C@H](O)C[C@H]1C(=O)N[C@@H](C)c1ccc(-c2scnc2C)cc1)C(C)C. The van der Waals surface area contributed by atoms with Gasteiger partial charge in [-0.05, 0) is 37.8 Å². The van der Waals surface area contributed by atoms with E-state index in [0.717, 1.165) is 21.7 Å². The number of allylic oxidation sites excluding steroid dienone is 1. The fourth-order valence-electron chi connectivity index (χ4n) is 4.48. The first kappa shape index (κ1) is 27.3. The van der Waals surface area contributed by atoms with Crippen molar-refractivity contribution in [2.75, 3.05) is 6.54 Å². The molecule has 0 bridgehead atoms. The summed E-state index contributed by atoms with van der Waals surface area (Å²) in [6.07, 6.45) is 0.668. The summed E-state index contributed by atoms with van der Waals surface area (Å²) in [6, 6.07) is 6.06. The van der Waals surface area contributed by atoms with E-state index >= 15 is 0 Å². The molecule has 1 aromatic carbocycles. The number of nitrogens with zero attached hydrogens (tertiary/aromatic N) is 4. The van der Waals surface area contributed by atoms with Gasteiger partial charge in [0.05, 0.1) is 34.4 Å². The van der Waals surface area contributed by atoms with Crippen LogP contribution in [0.5, 0.6) is 0 Å². The summed E-state index contributed by atoms with van der Waals surface area (Å²) < 4.78 is 0. The van der Waals surface area contributed by atoms with Crippen LogP contribution in [0.3, 0.4) is 0 Å². The van der Waals surface area contributed by atoms with Crippen molar-refractivity contribution in [3.8, 4) is 10.4 Å². The molecule has 9 nitrogen and oxygen atoms in total. The van der Waals surface area contributed by atoms with Crippen LogP contribution in [0.25, 0.3) is 10.4 Å². The van der Waals surface area contributed by atoms with Crippen LogP contribution in [0.4, 0.5) is 0 Å². The van der Waals surface area contributed by atoms with Crippen LogP contribution in [0.15, 0.2) is 46.8 Å². The second-order valence-corrected chi connectivity index (χ2v) is 10.4. The van der Waals surface area contributed by atoms with Gasteiger partial charge in [0, 0.05) is 19.7 Å². The largest absolute Gasteiger partial charge is 0.511 e. The van der Waals surface area contributed by atoms with Crippen LogP contribution in [-0.2, 0) is 9.59 Å². The van der Waals surface area contributed by atoms with Gasteiger partial charge in [-0.25, -0.2) is 4.98 Å². The van der Waals surface area contributed by atoms with Gasteiger partial charge in [-0.15, -0.1) is 11.3 Å². The lowest BCUT2D eigenvalue weighted by molar-refractivity contribution is -0.143. The van der Waals surface area contributed by atoms with Crippen LogP contribution >= 0.6 is 11.3 Å². The number of rotatable bonds is 9. The molecule has 10 heteroatoms. The number of thiazole rings is 1. The first-order valence-corrected chi connectivity index (χ1v) is 12.8. The Balaban J connectivity index is 1.75. The lowest BCUT2D eigenvalue weighted by atomic mass is 10.0. The van der Waals surface area contributed by atoms with Crippen molar-refractivity contribution in [3.63, 3.8) is 0 Å². The normalized spacial score (nSPS) is 19.8. The van der Waals surface area contributed by atoms with E-state index in [2.05, 4.69) is 22.1 Å². The quantitative estimate of drug-likeness (QED) is 0.268. The maximum absolute atomic E-state index is 13.6. The summed E-state index contributed by atoms with van der Waals surface area (Å²) in [5.74, 6) is -0.908. The minimum atomic E-state index is -0.818. The summed E-state index contributed by atoms with van der Waals surface area (Å²) in [6.45, 7) is 12.6. The highest BCUT2D eigenvalue weighted by atomic mass is 32.1. The van der Waals surface area contributed by atoms with Crippen LogP contribution in [0.2, 0.25) is 0 Å². The van der Waals surface area contributed by atoms with Crippen molar-refractivity contribution in [2.45, 2.75) is 65.3 Å². The van der Waals surface area contributed by atoms with E-state index in [-0.39, 0.29) is 42.5 Å². The fraction of sp³-hybridized carbons (Fsp3) is 0.462. The standard InChI is InChI=1S/C26H35N5O4S/c1-15(2)23(31(27-6)12-16(3)32)26(35)30-13-21(33)11-22(30)25(34)29-17(4)19-7-9-20(10-8-19)24-18(5)28-14-36-24/h7-10,12,14-15,17,21-23,32-33H,6,11,13H2,1-5H3,(H,29,34)/b16-12+/t17-,21+,22-,23?/m0/s1. The van der Waals surface area contributed by atoms with Crippen molar-refractivity contribution in [2.24, 2.45) is 11.0 Å². The van der Waals surface area contributed by atoms with Crippen molar-refractivity contribution in [1.82, 2.24) is 20.2 Å². The molecule has 2 amide bonds. The number of carbonyl (C=O) groups is 2. The Kier molecular flexibility index (Phi) is 8.86. The average molecular weight is 514 g/mol. The van der Waals surface area contributed by atoms with Gasteiger partial charge in [-0.1, -0.05) is 38.1 Å². The highest BCUT2D eigenvalue weighted by Crippen LogP contribution is 2.29. The molecule has 1 fully saturated rings. The number of benzene rings is 1. The molecule has 1 saturated heterocycles. The number of β-amino-alcohol motifs (C(OH)–C–C–N with tert-alkyl or cyclic N) is 1. The van der Waals surface area contributed by atoms with E-state index in [4.69, 9.17) is 0 Å². The highest BCUT2D eigenvalue weighted by molar-refractivity contribution is 7.13. The van der Waals surface area contributed by atoms with Crippen LogP contribution in [0.1, 0.15) is 51.4 Å². The number of hydrogen-bond acceptors (Lipinski definition) is 8. The van der Waals surface area contributed by atoms with E-state index in [9.17, 15) is 19.8 Å². The molecule has 0 radical (unpaired) electrons. The highest BCUT2D eigenvalue weighted by Gasteiger charge is 2.43. The monoisotopic (exact) mass is 513 g/mol. The number of hydrazone groups is 1. The first-order valence-electron chi connectivity index (χ1n) is 11.9. The summed E-state index contributed by atoms with van der Waals surface area (Å²) in [5.41, 5.74) is 4.80. The van der Waals surface area contributed by atoms with Gasteiger partial charge in [0.2, 0.25) is 11.8 Å². The van der Waals surface area contributed by atoms with Gasteiger partial charge >= 0.3 is 0 Å². The molecule has 2 aromatic rings. The minimum Gasteiger partial charge on any atom is -0.511 e. The molecule has 1 aromatic heterocycles. The van der Waals surface area contributed by atoms with E-state index in [1.165, 1.54) is 23.0 Å². The number of aliphatic hydroxyl groups is 2. The molecule has 1 aliphatic heterocycles. The van der Waals surface area contributed by atoms with Gasteiger partial charge in [0.15, 0.2) is 0 Å². The van der Waals surface area contributed by atoms with Crippen molar-refractivity contribution in [1.29, 1.82) is 0 Å². The average Bonchev–Trinajstić information content (AvgIpc) is 3.43. The number of carbonyl (C=O) groups excluding carboxylic acids is 2. The zero-order valence-corrected chi connectivity index (χ0v) is 22.2. The Morgan fingerprint density at radius 2 is 1.97 bits per heavy atom. The lowest BCUT2D eigenvalue weighted by Crippen LogP contribution is -2.53. The molecule has 1 aliphatic rings. The number of amides is 2. The smallest absolute Gasteiger partial charge is 0.248 e. The Morgan fingerprint density at radius 3 is 2.50 bits per heavy atom. The molecular weight excluding hydrogens is 478 g/mol. The van der Waals surface area contributed by atoms with Crippen molar-refractivity contribution >= 4 is 29.9 Å². The number of aryl methyl sites for hydroxylation is 1. The predicted octanol–water partition coefficient (Wildman–Crippen LogP) is 3.62. The molecule has 3 rings (SSSR count). The third-order valence-electron chi connectivity index (χ3n) is 6.29. The second-order valence-electron chi connectivity index (χ2n) is 9.50. The summed E-state index contributed by atoms with van der Waals surface area (Å²) in [4.78, 5) is 33.6. The van der Waals surface area contributed by atoms with Gasteiger partial charge < -0.3 is 20.4 Å². The van der Waals surface area contributed by atoms with Crippen LogP contribution < -0.4 is 5.32 Å². The molecule has 0 aliphatic carbocycles. The van der Waals surface area contributed by atoms with Gasteiger partial charge in [0.25, 0.3) is 0 Å². The van der Waals surface area contributed by atoms with Crippen molar-refractivity contribution < 1.29 is 19.8 Å². The maximum Gasteiger partial charge on any atom is 0.248 e. The molecular formula is C26H35N5O4S. The zero-order valence-electron chi connectivity index (χ0n) is 21.4. The van der Waals surface area contributed by atoms with Crippen LogP contribution in [-0.4, -0.2) is 68.4 Å². The summed E-state index contributed by atoms with van der Waals surface area (Å²) in [7, 11) is 0. The van der Waals surface area contributed by atoms with Crippen molar-refractivity contribution in [3.05, 3.63) is 53.0 Å². The first-order chi connectivity index (χ1) is 17.0. The number of aromatic nitrogens is 1. The Hall–Kier alpha value is -3.24. The molecule has 4 atom stereocenters. The number of nitrogens with one attached hydrogen (secondary N) is 1. The topological polar surface area (TPSA) is 118 Å². The molecule has 194 valence electrons. The third kappa shape index (κ3) is 6.11. The molecule has 2 heterocycles. The molecule has 3 N–H and O–H groups in total. The Morgan fingerprint density at radius 1 is 1.31 bits per heavy atom.